The molecular formula is C12H12ClNS. The molecule has 0 saturated heterocycles. The number of halogens is 1. The lowest BCUT2D eigenvalue weighted by Crippen LogP contribution is -2.38. The molecule has 1 nitrogen and oxygen atoms in total. The van der Waals surface area contributed by atoms with Gasteiger partial charge in [0.05, 0.1) is 6.04 Å². The molecule has 2 atom stereocenters. The Morgan fingerprint density at radius 3 is 2.60 bits per heavy atom. The van der Waals surface area contributed by atoms with Gasteiger partial charge in [0.15, 0.2) is 0 Å². The number of allylic oxidation sites excluding steroid dienone is 2. The second-order valence-corrected chi connectivity index (χ2v) is 5.58. The van der Waals surface area contributed by atoms with Crippen LogP contribution < -0.4 is 5.73 Å². The normalized spacial score (nSPS) is 29.3. The highest BCUT2D eigenvalue weighted by Gasteiger charge is 2.32. The first kappa shape index (κ1) is 10.8. The average Bonchev–Trinajstić information content (AvgIpc) is 2.24. The van der Waals surface area contributed by atoms with Crippen molar-refractivity contribution in [3.63, 3.8) is 0 Å². The van der Waals surface area contributed by atoms with Crippen LogP contribution in [0, 0.1) is 0 Å². The van der Waals surface area contributed by atoms with Crippen LogP contribution in [0.5, 0.6) is 0 Å². The minimum atomic E-state index is -0.559. The third-order valence-corrected chi connectivity index (χ3v) is 4.06. The molecule has 0 aliphatic heterocycles. The quantitative estimate of drug-likeness (QED) is 0.800. The standard InChI is InChI=1S/C12H12ClNS/c13-12(9-5-4-8-11(12)14)15-10-6-2-1-3-7-10/h1-9,11H,14H2. The number of hydrogen-bond donors (Lipinski definition) is 1. The zero-order valence-corrected chi connectivity index (χ0v) is 9.71. The molecule has 0 spiro atoms. The summed E-state index contributed by atoms with van der Waals surface area (Å²) < 4.78 is -0.559. The summed E-state index contributed by atoms with van der Waals surface area (Å²) in [7, 11) is 0. The number of benzene rings is 1. The van der Waals surface area contributed by atoms with Gasteiger partial charge in [0.1, 0.15) is 4.21 Å². The Morgan fingerprint density at radius 2 is 1.93 bits per heavy atom. The maximum atomic E-state index is 6.46. The predicted octanol–water partition coefficient (Wildman–Crippen LogP) is 3.17. The van der Waals surface area contributed by atoms with Crippen LogP contribution >= 0.6 is 23.4 Å². The summed E-state index contributed by atoms with van der Waals surface area (Å²) in [6, 6.07) is 9.89. The van der Waals surface area contributed by atoms with Crippen LogP contribution in [0.4, 0.5) is 0 Å². The van der Waals surface area contributed by atoms with Crippen molar-refractivity contribution >= 4 is 23.4 Å². The summed E-state index contributed by atoms with van der Waals surface area (Å²) in [5.41, 5.74) is 5.97. The van der Waals surface area contributed by atoms with Crippen LogP contribution in [-0.4, -0.2) is 10.2 Å². The van der Waals surface area contributed by atoms with Crippen molar-refractivity contribution in [2.24, 2.45) is 5.73 Å². The maximum Gasteiger partial charge on any atom is 0.131 e. The van der Waals surface area contributed by atoms with E-state index in [4.69, 9.17) is 17.3 Å². The van der Waals surface area contributed by atoms with Crippen LogP contribution in [0.1, 0.15) is 0 Å². The summed E-state index contributed by atoms with van der Waals surface area (Å²) in [5.74, 6) is 0. The number of hydrogen-bond acceptors (Lipinski definition) is 2. The Morgan fingerprint density at radius 1 is 1.20 bits per heavy atom. The number of nitrogens with two attached hydrogens (primary N) is 1. The lowest BCUT2D eigenvalue weighted by Gasteiger charge is -2.29. The van der Waals surface area contributed by atoms with Crippen molar-refractivity contribution in [1.29, 1.82) is 0 Å². The smallest absolute Gasteiger partial charge is 0.131 e. The monoisotopic (exact) mass is 237 g/mol. The van der Waals surface area contributed by atoms with Gasteiger partial charge in [-0.05, 0) is 12.1 Å². The van der Waals surface area contributed by atoms with Crippen LogP contribution in [0.3, 0.4) is 0 Å². The van der Waals surface area contributed by atoms with Crippen LogP contribution in [-0.2, 0) is 0 Å². The molecule has 2 N–H and O–H groups in total. The highest BCUT2D eigenvalue weighted by atomic mass is 35.5. The second-order valence-electron chi connectivity index (χ2n) is 3.38. The molecule has 2 rings (SSSR count). The van der Waals surface area contributed by atoms with Gasteiger partial charge >= 0.3 is 0 Å². The molecule has 78 valence electrons. The SMILES string of the molecule is NC1C=CC=CC1(Cl)Sc1ccccc1. The van der Waals surface area contributed by atoms with E-state index in [-0.39, 0.29) is 6.04 Å². The summed E-state index contributed by atoms with van der Waals surface area (Å²) in [4.78, 5) is 1.13. The van der Waals surface area contributed by atoms with Gasteiger partial charge in [0.25, 0.3) is 0 Å². The minimum Gasteiger partial charge on any atom is -0.322 e. The molecule has 0 saturated carbocycles. The van der Waals surface area contributed by atoms with E-state index in [2.05, 4.69) is 0 Å². The van der Waals surface area contributed by atoms with Gasteiger partial charge in [-0.15, -0.1) is 11.6 Å². The van der Waals surface area contributed by atoms with E-state index in [0.29, 0.717) is 0 Å². The first-order chi connectivity index (χ1) is 7.21. The molecule has 0 amide bonds. The molecule has 0 bridgehead atoms. The first-order valence-corrected chi connectivity index (χ1v) is 5.95. The third-order valence-electron chi connectivity index (χ3n) is 2.23. The highest BCUT2D eigenvalue weighted by Crippen LogP contribution is 2.41. The van der Waals surface area contributed by atoms with Crippen molar-refractivity contribution in [1.82, 2.24) is 0 Å². The average molecular weight is 238 g/mol. The third kappa shape index (κ3) is 2.46. The Balaban J connectivity index is 2.18. The number of rotatable bonds is 2. The van der Waals surface area contributed by atoms with Gasteiger partial charge < -0.3 is 5.73 Å². The van der Waals surface area contributed by atoms with Gasteiger partial charge in [-0.2, -0.15) is 0 Å². The molecule has 1 aliphatic carbocycles. The zero-order valence-electron chi connectivity index (χ0n) is 8.14. The molecule has 2 unspecified atom stereocenters. The molecule has 0 aromatic heterocycles. The predicted molar refractivity (Wildman–Crippen MR) is 67.1 cm³/mol. The lowest BCUT2D eigenvalue weighted by atomic mass is 10.1. The van der Waals surface area contributed by atoms with E-state index in [9.17, 15) is 0 Å². The molecule has 1 aromatic carbocycles. The van der Waals surface area contributed by atoms with E-state index in [1.807, 2.05) is 54.6 Å². The topological polar surface area (TPSA) is 26.0 Å². The summed E-state index contributed by atoms with van der Waals surface area (Å²) in [5, 5.41) is 0. The van der Waals surface area contributed by atoms with Crippen LogP contribution in [0.25, 0.3) is 0 Å². The van der Waals surface area contributed by atoms with Gasteiger partial charge in [-0.1, -0.05) is 54.3 Å². The van der Waals surface area contributed by atoms with Crippen molar-refractivity contribution in [3.8, 4) is 0 Å². The molecule has 3 heteroatoms. The van der Waals surface area contributed by atoms with Gasteiger partial charge in [0.2, 0.25) is 0 Å². The summed E-state index contributed by atoms with van der Waals surface area (Å²) in [6.45, 7) is 0. The summed E-state index contributed by atoms with van der Waals surface area (Å²) in [6.07, 6.45) is 7.73. The van der Waals surface area contributed by atoms with E-state index >= 15 is 0 Å². The Hall–Kier alpha value is -0.700. The van der Waals surface area contributed by atoms with Crippen LogP contribution in [0.2, 0.25) is 0 Å². The van der Waals surface area contributed by atoms with Crippen molar-refractivity contribution < 1.29 is 0 Å². The number of alkyl halides is 1. The summed E-state index contributed by atoms with van der Waals surface area (Å²) >= 11 is 8.04. The van der Waals surface area contributed by atoms with Crippen molar-refractivity contribution in [2.75, 3.05) is 0 Å². The number of thioether (sulfide) groups is 1. The lowest BCUT2D eigenvalue weighted by molar-refractivity contribution is 0.789. The zero-order chi connectivity index (χ0) is 10.7. The fourth-order valence-electron chi connectivity index (χ4n) is 1.38. The Kier molecular flexibility index (Phi) is 3.19. The molecular weight excluding hydrogens is 226 g/mol. The largest absolute Gasteiger partial charge is 0.322 e. The molecule has 15 heavy (non-hydrogen) atoms. The molecule has 1 aromatic rings. The van der Waals surface area contributed by atoms with Gasteiger partial charge in [0, 0.05) is 4.90 Å². The molecule has 1 aliphatic rings. The maximum absolute atomic E-state index is 6.46. The Bertz CT molecular complexity index is 388. The first-order valence-electron chi connectivity index (χ1n) is 4.75. The minimum absolute atomic E-state index is 0.158. The van der Waals surface area contributed by atoms with E-state index in [0.717, 1.165) is 4.90 Å². The molecule has 0 heterocycles. The van der Waals surface area contributed by atoms with E-state index < -0.39 is 4.21 Å². The van der Waals surface area contributed by atoms with Crippen molar-refractivity contribution in [2.45, 2.75) is 15.1 Å². The van der Waals surface area contributed by atoms with Gasteiger partial charge in [-0.25, -0.2) is 0 Å². The van der Waals surface area contributed by atoms with Crippen molar-refractivity contribution in [3.05, 3.63) is 54.6 Å². The fraction of sp³-hybridized carbons (Fsp3) is 0.167. The van der Waals surface area contributed by atoms with E-state index in [1.54, 1.807) is 11.8 Å². The second kappa shape index (κ2) is 4.44. The van der Waals surface area contributed by atoms with Crippen LogP contribution in [0.15, 0.2) is 59.5 Å². The molecule has 0 radical (unpaired) electrons. The highest BCUT2D eigenvalue weighted by molar-refractivity contribution is 8.02. The van der Waals surface area contributed by atoms with E-state index in [1.165, 1.54) is 0 Å². The molecule has 0 fully saturated rings. The Labute approximate surface area is 99.0 Å². The fourth-order valence-corrected chi connectivity index (χ4v) is 2.81. The van der Waals surface area contributed by atoms with Gasteiger partial charge in [-0.3, -0.25) is 0 Å².